The molecule has 0 aliphatic carbocycles. The molecule has 0 saturated carbocycles. The maximum Gasteiger partial charge on any atom is 0.335 e. The minimum absolute atomic E-state index is 0.228. The third-order valence-corrected chi connectivity index (χ3v) is 2.59. The van der Waals surface area contributed by atoms with E-state index in [1.165, 1.54) is 12.1 Å². The molecule has 0 heterocycles. The first-order valence-corrected chi connectivity index (χ1v) is 5.64. The van der Waals surface area contributed by atoms with Crippen molar-refractivity contribution in [1.82, 2.24) is 0 Å². The predicted octanol–water partition coefficient (Wildman–Crippen LogP) is 2.84. The monoisotopic (exact) mass is 253 g/mol. The van der Waals surface area contributed by atoms with Crippen molar-refractivity contribution in [2.75, 3.05) is 0 Å². The number of hydrogen-bond donors (Lipinski definition) is 1. The van der Waals surface area contributed by atoms with Crippen LogP contribution in [0.25, 0.3) is 0 Å². The van der Waals surface area contributed by atoms with Crippen LogP contribution in [0.2, 0.25) is 0 Å². The third-order valence-electron chi connectivity index (χ3n) is 2.59. The highest BCUT2D eigenvalue weighted by Gasteiger charge is 2.02. The first kappa shape index (κ1) is 12.7. The van der Waals surface area contributed by atoms with Crippen LogP contribution in [0.1, 0.15) is 21.5 Å². The molecule has 2 aromatic carbocycles. The normalized spacial score (nSPS) is 9.63. The van der Waals surface area contributed by atoms with Crippen molar-refractivity contribution >= 4 is 5.97 Å². The van der Waals surface area contributed by atoms with Crippen LogP contribution in [0.3, 0.4) is 0 Å². The molecule has 0 aromatic heterocycles. The number of benzene rings is 2. The summed E-state index contributed by atoms with van der Waals surface area (Å²) in [6, 6.07) is 15.4. The molecule has 4 nitrogen and oxygen atoms in total. The molecule has 0 bridgehead atoms. The van der Waals surface area contributed by atoms with Gasteiger partial charge in [0.2, 0.25) is 0 Å². The standard InChI is InChI=1S/C15H11NO3/c16-9-11-1-3-12(4-2-11)10-19-14-7-5-13(6-8-14)15(17)18/h1-8H,10H2,(H,17,18). The van der Waals surface area contributed by atoms with Crippen molar-refractivity contribution in [2.45, 2.75) is 6.61 Å². The molecule has 0 radical (unpaired) electrons. The Morgan fingerprint density at radius 1 is 1.11 bits per heavy atom. The van der Waals surface area contributed by atoms with E-state index in [1.807, 2.05) is 18.2 Å². The Kier molecular flexibility index (Phi) is 3.79. The van der Waals surface area contributed by atoms with Crippen LogP contribution in [0, 0.1) is 11.3 Å². The van der Waals surface area contributed by atoms with E-state index in [1.54, 1.807) is 24.3 Å². The minimum atomic E-state index is -0.960. The molecule has 0 aliphatic rings. The Balaban J connectivity index is 1.98. The lowest BCUT2D eigenvalue weighted by molar-refractivity contribution is 0.0697. The number of aromatic carboxylic acids is 1. The second-order valence-corrected chi connectivity index (χ2v) is 3.93. The Hall–Kier alpha value is -2.80. The number of rotatable bonds is 4. The van der Waals surface area contributed by atoms with Crippen LogP contribution in [-0.2, 0) is 6.61 Å². The fraction of sp³-hybridized carbons (Fsp3) is 0.0667. The lowest BCUT2D eigenvalue weighted by Crippen LogP contribution is -1.98. The number of hydrogen-bond acceptors (Lipinski definition) is 3. The van der Waals surface area contributed by atoms with E-state index >= 15 is 0 Å². The zero-order valence-corrected chi connectivity index (χ0v) is 10.0. The SMILES string of the molecule is N#Cc1ccc(COc2ccc(C(=O)O)cc2)cc1. The zero-order valence-electron chi connectivity index (χ0n) is 10.0. The summed E-state index contributed by atoms with van der Waals surface area (Å²) in [5, 5.41) is 17.4. The van der Waals surface area contributed by atoms with Gasteiger partial charge in [-0.25, -0.2) is 4.79 Å². The van der Waals surface area contributed by atoms with Crippen molar-refractivity contribution in [2.24, 2.45) is 0 Å². The van der Waals surface area contributed by atoms with E-state index in [-0.39, 0.29) is 5.56 Å². The summed E-state index contributed by atoms with van der Waals surface area (Å²) in [6.07, 6.45) is 0. The average molecular weight is 253 g/mol. The summed E-state index contributed by atoms with van der Waals surface area (Å²) in [6.45, 7) is 0.373. The third kappa shape index (κ3) is 3.33. The quantitative estimate of drug-likeness (QED) is 0.909. The molecule has 0 amide bonds. The number of carbonyl (C=O) groups is 1. The smallest absolute Gasteiger partial charge is 0.335 e. The second kappa shape index (κ2) is 5.69. The summed E-state index contributed by atoms with van der Waals surface area (Å²) in [5.74, 6) is -0.354. The van der Waals surface area contributed by atoms with E-state index in [2.05, 4.69) is 0 Å². The molecule has 2 aromatic rings. The van der Waals surface area contributed by atoms with Gasteiger partial charge in [-0.2, -0.15) is 5.26 Å². The average Bonchev–Trinajstić information content (AvgIpc) is 2.46. The van der Waals surface area contributed by atoms with Gasteiger partial charge in [0, 0.05) is 0 Å². The van der Waals surface area contributed by atoms with E-state index in [0.29, 0.717) is 17.9 Å². The van der Waals surface area contributed by atoms with Gasteiger partial charge in [0.15, 0.2) is 0 Å². The maximum atomic E-state index is 10.7. The van der Waals surface area contributed by atoms with Gasteiger partial charge in [-0.3, -0.25) is 0 Å². The van der Waals surface area contributed by atoms with E-state index in [9.17, 15) is 4.79 Å². The van der Waals surface area contributed by atoms with E-state index in [4.69, 9.17) is 15.1 Å². The molecular weight excluding hydrogens is 242 g/mol. The molecule has 0 spiro atoms. The Labute approximate surface area is 110 Å². The zero-order chi connectivity index (χ0) is 13.7. The van der Waals surface area contributed by atoms with Crippen molar-refractivity contribution in [3.63, 3.8) is 0 Å². The Morgan fingerprint density at radius 3 is 2.26 bits per heavy atom. The van der Waals surface area contributed by atoms with E-state index in [0.717, 1.165) is 5.56 Å². The van der Waals surface area contributed by atoms with Crippen LogP contribution in [0.15, 0.2) is 48.5 Å². The van der Waals surface area contributed by atoms with Crippen LogP contribution < -0.4 is 4.74 Å². The van der Waals surface area contributed by atoms with Gasteiger partial charge >= 0.3 is 5.97 Å². The molecule has 2 rings (SSSR count). The number of carboxylic acids is 1. The first-order chi connectivity index (χ1) is 9.19. The number of ether oxygens (including phenoxy) is 1. The minimum Gasteiger partial charge on any atom is -0.489 e. The summed E-state index contributed by atoms with van der Waals surface area (Å²) in [7, 11) is 0. The fourth-order valence-electron chi connectivity index (χ4n) is 1.54. The fourth-order valence-corrected chi connectivity index (χ4v) is 1.54. The molecule has 0 saturated heterocycles. The van der Waals surface area contributed by atoms with Gasteiger partial charge in [0.1, 0.15) is 12.4 Å². The van der Waals surface area contributed by atoms with Gasteiger partial charge in [0.25, 0.3) is 0 Å². The highest BCUT2D eigenvalue weighted by molar-refractivity contribution is 5.87. The number of nitrogens with zero attached hydrogens (tertiary/aromatic N) is 1. The highest BCUT2D eigenvalue weighted by atomic mass is 16.5. The lowest BCUT2D eigenvalue weighted by atomic mass is 10.1. The summed E-state index contributed by atoms with van der Waals surface area (Å²) in [4.78, 5) is 10.7. The molecule has 1 N–H and O–H groups in total. The molecular formula is C15H11NO3. The van der Waals surface area contributed by atoms with Crippen LogP contribution >= 0.6 is 0 Å². The van der Waals surface area contributed by atoms with Gasteiger partial charge < -0.3 is 9.84 Å². The Bertz CT molecular complexity index is 609. The second-order valence-electron chi connectivity index (χ2n) is 3.93. The summed E-state index contributed by atoms with van der Waals surface area (Å²) in [5.41, 5.74) is 1.78. The van der Waals surface area contributed by atoms with Crippen molar-refractivity contribution in [3.8, 4) is 11.8 Å². The molecule has 94 valence electrons. The predicted molar refractivity (Wildman–Crippen MR) is 68.9 cm³/mol. The van der Waals surface area contributed by atoms with E-state index < -0.39 is 5.97 Å². The van der Waals surface area contributed by atoms with Crippen molar-refractivity contribution < 1.29 is 14.6 Å². The maximum absolute atomic E-state index is 10.7. The van der Waals surface area contributed by atoms with Crippen LogP contribution in [0.4, 0.5) is 0 Å². The Morgan fingerprint density at radius 2 is 1.74 bits per heavy atom. The van der Waals surface area contributed by atoms with Gasteiger partial charge in [-0.15, -0.1) is 0 Å². The van der Waals surface area contributed by atoms with Gasteiger partial charge in [0.05, 0.1) is 17.2 Å². The topological polar surface area (TPSA) is 70.3 Å². The van der Waals surface area contributed by atoms with Crippen LogP contribution in [-0.4, -0.2) is 11.1 Å². The van der Waals surface area contributed by atoms with Gasteiger partial charge in [-0.1, -0.05) is 12.1 Å². The van der Waals surface area contributed by atoms with Crippen molar-refractivity contribution in [3.05, 3.63) is 65.2 Å². The number of nitriles is 1. The van der Waals surface area contributed by atoms with Crippen LogP contribution in [0.5, 0.6) is 5.75 Å². The lowest BCUT2D eigenvalue weighted by Gasteiger charge is -2.06. The molecule has 4 heteroatoms. The molecule has 0 fully saturated rings. The highest BCUT2D eigenvalue weighted by Crippen LogP contribution is 2.14. The summed E-state index contributed by atoms with van der Waals surface area (Å²) < 4.78 is 5.52. The van der Waals surface area contributed by atoms with Gasteiger partial charge in [-0.05, 0) is 42.0 Å². The first-order valence-electron chi connectivity index (χ1n) is 5.64. The molecule has 0 aliphatic heterocycles. The molecule has 19 heavy (non-hydrogen) atoms. The largest absolute Gasteiger partial charge is 0.489 e. The van der Waals surface area contributed by atoms with Crippen molar-refractivity contribution in [1.29, 1.82) is 5.26 Å². The summed E-state index contributed by atoms with van der Waals surface area (Å²) >= 11 is 0. The molecule has 0 unspecified atom stereocenters. The molecule has 0 atom stereocenters. The number of carboxylic acid groups (broad SMARTS) is 1.